The molecular formula is C17H25NS. The van der Waals surface area contributed by atoms with Crippen molar-refractivity contribution in [3.63, 3.8) is 0 Å². The molecule has 1 aromatic carbocycles. The summed E-state index contributed by atoms with van der Waals surface area (Å²) in [6.45, 7) is 2.43. The Morgan fingerprint density at radius 3 is 2.74 bits per heavy atom. The number of hydrogen-bond acceptors (Lipinski definition) is 2. The molecule has 2 aliphatic rings. The van der Waals surface area contributed by atoms with Crippen molar-refractivity contribution >= 4 is 11.8 Å². The van der Waals surface area contributed by atoms with Gasteiger partial charge in [0.25, 0.3) is 0 Å². The van der Waals surface area contributed by atoms with Crippen LogP contribution in [-0.2, 0) is 0 Å². The van der Waals surface area contributed by atoms with Crippen molar-refractivity contribution in [2.75, 3.05) is 12.8 Å². The summed E-state index contributed by atoms with van der Waals surface area (Å²) in [5, 5.41) is 3.58. The molecule has 0 amide bonds. The van der Waals surface area contributed by atoms with Crippen molar-refractivity contribution in [1.82, 2.24) is 5.32 Å². The monoisotopic (exact) mass is 275 g/mol. The lowest BCUT2D eigenvalue weighted by atomic mass is 9.78. The molecule has 0 aromatic heterocycles. The first-order chi connectivity index (χ1) is 9.23. The molecule has 1 nitrogen and oxygen atoms in total. The van der Waals surface area contributed by atoms with E-state index >= 15 is 0 Å². The predicted octanol–water partition coefficient (Wildman–Crippen LogP) is 4.50. The highest BCUT2D eigenvalue weighted by Gasteiger charge is 2.38. The molecule has 1 aliphatic carbocycles. The van der Waals surface area contributed by atoms with Gasteiger partial charge in [0.2, 0.25) is 0 Å². The van der Waals surface area contributed by atoms with Gasteiger partial charge in [-0.2, -0.15) is 11.8 Å². The Morgan fingerprint density at radius 2 is 2.16 bits per heavy atom. The molecule has 2 fully saturated rings. The van der Waals surface area contributed by atoms with Crippen LogP contribution in [-0.4, -0.2) is 17.5 Å². The van der Waals surface area contributed by atoms with Crippen LogP contribution in [0, 0.1) is 0 Å². The number of thioether (sulfide) groups is 1. The maximum absolute atomic E-state index is 3.58. The molecule has 1 saturated heterocycles. The van der Waals surface area contributed by atoms with Crippen LogP contribution in [0.1, 0.15) is 62.1 Å². The maximum Gasteiger partial charge on any atom is 0.0464 e. The zero-order valence-electron chi connectivity index (χ0n) is 12.1. The number of hydrogen-bond donors (Lipinski definition) is 1. The van der Waals surface area contributed by atoms with E-state index in [0.29, 0.717) is 10.8 Å². The summed E-state index contributed by atoms with van der Waals surface area (Å²) in [4.78, 5) is 0. The molecular weight excluding hydrogens is 250 g/mol. The summed E-state index contributed by atoms with van der Waals surface area (Å²) < 4.78 is 0.368. The van der Waals surface area contributed by atoms with Crippen LogP contribution in [0.2, 0.25) is 0 Å². The number of benzene rings is 1. The van der Waals surface area contributed by atoms with E-state index in [4.69, 9.17) is 0 Å². The molecule has 2 atom stereocenters. The van der Waals surface area contributed by atoms with Crippen LogP contribution < -0.4 is 5.32 Å². The highest BCUT2D eigenvalue weighted by Crippen LogP contribution is 2.47. The average Bonchev–Trinajstić information content (AvgIpc) is 2.76. The predicted molar refractivity (Wildman–Crippen MR) is 84.9 cm³/mol. The average molecular weight is 275 g/mol. The summed E-state index contributed by atoms with van der Waals surface area (Å²) in [5.74, 6) is 2.15. The minimum atomic E-state index is 0.368. The van der Waals surface area contributed by atoms with Gasteiger partial charge in [-0.15, -0.1) is 0 Å². The fourth-order valence-corrected chi connectivity index (χ4v) is 5.05. The molecule has 19 heavy (non-hydrogen) atoms. The first-order valence-corrected chi connectivity index (χ1v) is 8.62. The van der Waals surface area contributed by atoms with Crippen LogP contribution in [0.25, 0.3) is 0 Å². The third-order valence-electron chi connectivity index (χ3n) is 4.97. The minimum Gasteiger partial charge on any atom is -0.312 e. The smallest absolute Gasteiger partial charge is 0.0464 e. The van der Waals surface area contributed by atoms with Gasteiger partial charge in [0, 0.05) is 10.8 Å². The third kappa shape index (κ3) is 2.57. The van der Waals surface area contributed by atoms with E-state index in [9.17, 15) is 0 Å². The number of nitrogens with one attached hydrogen (secondary N) is 1. The van der Waals surface area contributed by atoms with E-state index < -0.39 is 0 Å². The molecule has 1 saturated carbocycles. The first-order valence-electron chi connectivity index (χ1n) is 7.64. The molecule has 1 heterocycles. The SMILES string of the molecule is CNC(c1cccc(C2CCC2)c1)C1(C)CCCS1. The van der Waals surface area contributed by atoms with Crippen LogP contribution >= 0.6 is 11.8 Å². The van der Waals surface area contributed by atoms with E-state index in [1.165, 1.54) is 43.4 Å². The van der Waals surface area contributed by atoms with Crippen LogP contribution in [0.5, 0.6) is 0 Å². The van der Waals surface area contributed by atoms with Crippen molar-refractivity contribution in [2.24, 2.45) is 0 Å². The Morgan fingerprint density at radius 1 is 1.32 bits per heavy atom. The van der Waals surface area contributed by atoms with Gasteiger partial charge in [-0.25, -0.2) is 0 Å². The van der Waals surface area contributed by atoms with E-state index in [2.05, 4.69) is 55.3 Å². The van der Waals surface area contributed by atoms with Gasteiger partial charge >= 0.3 is 0 Å². The Hall–Kier alpha value is -0.470. The fourth-order valence-electron chi connectivity index (χ4n) is 3.59. The Bertz CT molecular complexity index is 433. The molecule has 1 N–H and O–H groups in total. The standard InChI is InChI=1S/C17H25NS/c1-17(10-5-11-19-17)16(18-2)15-9-4-8-14(12-15)13-6-3-7-13/h4,8-9,12-13,16,18H,3,5-7,10-11H2,1-2H3. The topological polar surface area (TPSA) is 12.0 Å². The lowest BCUT2D eigenvalue weighted by Crippen LogP contribution is -2.35. The summed E-state index contributed by atoms with van der Waals surface area (Å²) in [5.41, 5.74) is 3.05. The largest absolute Gasteiger partial charge is 0.312 e. The van der Waals surface area contributed by atoms with Gasteiger partial charge in [0.15, 0.2) is 0 Å². The minimum absolute atomic E-state index is 0.368. The second-order valence-corrected chi connectivity index (χ2v) is 7.91. The lowest BCUT2D eigenvalue weighted by molar-refractivity contribution is 0.415. The van der Waals surface area contributed by atoms with Crippen molar-refractivity contribution in [3.8, 4) is 0 Å². The summed E-state index contributed by atoms with van der Waals surface area (Å²) in [7, 11) is 2.12. The van der Waals surface area contributed by atoms with Crippen LogP contribution in [0.15, 0.2) is 24.3 Å². The molecule has 104 valence electrons. The van der Waals surface area contributed by atoms with Crippen molar-refractivity contribution in [2.45, 2.75) is 55.7 Å². The molecule has 2 heteroatoms. The molecule has 1 aliphatic heterocycles. The Kier molecular flexibility index (Phi) is 3.91. The summed E-state index contributed by atoms with van der Waals surface area (Å²) in [6.07, 6.45) is 6.88. The van der Waals surface area contributed by atoms with Crippen molar-refractivity contribution in [3.05, 3.63) is 35.4 Å². The summed E-state index contributed by atoms with van der Waals surface area (Å²) in [6, 6.07) is 9.85. The van der Waals surface area contributed by atoms with Crippen molar-refractivity contribution < 1.29 is 0 Å². The molecule has 1 aromatic rings. The van der Waals surface area contributed by atoms with Crippen molar-refractivity contribution in [1.29, 1.82) is 0 Å². The van der Waals surface area contributed by atoms with E-state index in [1.54, 1.807) is 5.56 Å². The Balaban J connectivity index is 1.86. The van der Waals surface area contributed by atoms with Gasteiger partial charge in [-0.1, -0.05) is 30.7 Å². The van der Waals surface area contributed by atoms with Gasteiger partial charge in [0.05, 0.1) is 0 Å². The molecule has 3 rings (SSSR count). The zero-order chi connectivity index (χ0) is 13.3. The first kappa shape index (κ1) is 13.5. The molecule has 0 spiro atoms. The normalized spacial score (nSPS) is 29.2. The highest BCUT2D eigenvalue weighted by atomic mass is 32.2. The quantitative estimate of drug-likeness (QED) is 0.868. The molecule has 0 radical (unpaired) electrons. The van der Waals surface area contributed by atoms with Gasteiger partial charge < -0.3 is 5.32 Å². The second-order valence-electron chi connectivity index (χ2n) is 6.28. The van der Waals surface area contributed by atoms with Gasteiger partial charge in [0.1, 0.15) is 0 Å². The number of rotatable bonds is 4. The van der Waals surface area contributed by atoms with E-state index in [-0.39, 0.29) is 0 Å². The van der Waals surface area contributed by atoms with E-state index in [0.717, 1.165) is 5.92 Å². The zero-order valence-corrected chi connectivity index (χ0v) is 12.9. The van der Waals surface area contributed by atoms with Gasteiger partial charge in [-0.05, 0) is 62.5 Å². The summed E-state index contributed by atoms with van der Waals surface area (Å²) >= 11 is 2.14. The van der Waals surface area contributed by atoms with Gasteiger partial charge in [-0.3, -0.25) is 0 Å². The van der Waals surface area contributed by atoms with E-state index in [1.807, 2.05) is 0 Å². The Labute approximate surface area is 121 Å². The van der Waals surface area contributed by atoms with Crippen LogP contribution in [0.3, 0.4) is 0 Å². The third-order valence-corrected chi connectivity index (χ3v) is 6.56. The fraction of sp³-hybridized carbons (Fsp3) is 0.647. The maximum atomic E-state index is 3.58. The lowest BCUT2D eigenvalue weighted by Gasteiger charge is -2.34. The van der Waals surface area contributed by atoms with Crippen LogP contribution in [0.4, 0.5) is 0 Å². The molecule has 2 unspecified atom stereocenters. The second kappa shape index (κ2) is 5.49. The molecule has 0 bridgehead atoms. The highest BCUT2D eigenvalue weighted by molar-refractivity contribution is 8.00.